The number of aromatic nitrogens is 6. The lowest BCUT2D eigenvalue weighted by molar-refractivity contribution is -0.0550. The molecule has 3 aromatic rings. The smallest absolute Gasteiger partial charge is 0.137 e. The van der Waals surface area contributed by atoms with Gasteiger partial charge in [-0.15, -0.1) is 0 Å². The van der Waals surface area contributed by atoms with Gasteiger partial charge in [-0.25, -0.2) is 19.3 Å². The maximum absolute atomic E-state index is 11.8. The van der Waals surface area contributed by atoms with Crippen molar-refractivity contribution in [1.82, 2.24) is 29.5 Å². The Kier molecular flexibility index (Phi) is 3.59. The predicted molar refractivity (Wildman–Crippen MR) is 87.6 cm³/mol. The molecule has 2 aromatic heterocycles. The molecule has 0 radical (unpaired) electrons. The molecule has 9 heteroatoms. The van der Waals surface area contributed by atoms with E-state index in [2.05, 4.69) is 20.2 Å². The van der Waals surface area contributed by atoms with E-state index in [1.165, 1.54) is 12.7 Å². The second kappa shape index (κ2) is 5.54. The molecule has 1 unspecified atom stereocenters. The number of hydrogen-bond donors (Lipinski definition) is 1. The first-order valence-corrected chi connectivity index (χ1v) is 8.16. The highest BCUT2D eigenvalue weighted by molar-refractivity contribution is 6.35. The Balaban J connectivity index is 1.87. The number of nitrogens with zero attached hydrogens (tertiary/aromatic N) is 6. The van der Waals surface area contributed by atoms with Crippen molar-refractivity contribution >= 4 is 23.2 Å². The van der Waals surface area contributed by atoms with Gasteiger partial charge in [-0.3, -0.25) is 0 Å². The Bertz CT molecular complexity index is 847. The lowest BCUT2D eigenvalue weighted by Crippen LogP contribution is -2.47. The van der Waals surface area contributed by atoms with E-state index in [1.807, 2.05) is 0 Å². The van der Waals surface area contributed by atoms with E-state index in [0.717, 1.165) is 12.8 Å². The average molecular weight is 365 g/mol. The SMILES string of the molecule is OC(Cn1cncn1)(c1ccc(Cl)cc1Cl)C1(n2cncn2)CC1. The summed E-state index contributed by atoms with van der Waals surface area (Å²) in [6.45, 7) is 0.189. The van der Waals surface area contributed by atoms with Crippen LogP contribution in [0.2, 0.25) is 10.0 Å². The van der Waals surface area contributed by atoms with Gasteiger partial charge in [0.2, 0.25) is 0 Å². The summed E-state index contributed by atoms with van der Waals surface area (Å²) in [5.74, 6) is 0. The van der Waals surface area contributed by atoms with E-state index < -0.39 is 11.1 Å². The molecule has 1 atom stereocenters. The standard InChI is InChI=1S/C15H14Cl2N6O/c16-11-1-2-12(13(17)5-11)15(24,6-22-9-18-7-20-22)14(3-4-14)23-10-19-8-21-23/h1-2,5,7-10,24H,3-4,6H2. The minimum atomic E-state index is -1.34. The number of halogens is 2. The van der Waals surface area contributed by atoms with Gasteiger partial charge in [0.25, 0.3) is 0 Å². The Morgan fingerprint density at radius 3 is 2.46 bits per heavy atom. The highest BCUT2D eigenvalue weighted by Gasteiger charge is 2.63. The van der Waals surface area contributed by atoms with E-state index in [9.17, 15) is 5.11 Å². The van der Waals surface area contributed by atoms with Crippen molar-refractivity contribution in [1.29, 1.82) is 0 Å². The number of hydrogen-bond acceptors (Lipinski definition) is 5. The molecular formula is C15H14Cl2N6O. The molecule has 1 aromatic carbocycles. The maximum Gasteiger partial charge on any atom is 0.137 e. The highest BCUT2D eigenvalue weighted by atomic mass is 35.5. The van der Waals surface area contributed by atoms with Crippen molar-refractivity contribution in [3.8, 4) is 0 Å². The van der Waals surface area contributed by atoms with Crippen LogP contribution in [-0.4, -0.2) is 34.6 Å². The molecule has 7 nitrogen and oxygen atoms in total. The summed E-state index contributed by atoms with van der Waals surface area (Å²) in [7, 11) is 0. The summed E-state index contributed by atoms with van der Waals surface area (Å²) in [4.78, 5) is 7.97. The van der Waals surface area contributed by atoms with Gasteiger partial charge >= 0.3 is 0 Å². The average Bonchev–Trinajstić information content (AvgIpc) is 2.98. The molecule has 1 aliphatic carbocycles. The van der Waals surface area contributed by atoms with Crippen molar-refractivity contribution in [2.75, 3.05) is 0 Å². The summed E-state index contributed by atoms with van der Waals surface area (Å²) >= 11 is 12.4. The van der Waals surface area contributed by atoms with Crippen LogP contribution in [0, 0.1) is 0 Å². The van der Waals surface area contributed by atoms with Crippen molar-refractivity contribution in [3.05, 3.63) is 59.1 Å². The molecular weight excluding hydrogens is 351 g/mol. The maximum atomic E-state index is 11.8. The molecule has 2 heterocycles. The van der Waals surface area contributed by atoms with E-state index in [0.29, 0.717) is 15.6 Å². The van der Waals surface area contributed by atoms with Crippen LogP contribution in [0.25, 0.3) is 0 Å². The lowest BCUT2D eigenvalue weighted by Gasteiger charge is -2.37. The lowest BCUT2D eigenvalue weighted by atomic mass is 9.83. The Morgan fingerprint density at radius 1 is 1.12 bits per heavy atom. The monoisotopic (exact) mass is 364 g/mol. The van der Waals surface area contributed by atoms with Gasteiger partial charge in [0, 0.05) is 15.6 Å². The third-order valence-corrected chi connectivity index (χ3v) is 5.13. The summed E-state index contributed by atoms with van der Waals surface area (Å²) in [5, 5.41) is 21.1. The van der Waals surface area contributed by atoms with Gasteiger partial charge in [-0.1, -0.05) is 29.3 Å². The van der Waals surface area contributed by atoms with E-state index in [-0.39, 0.29) is 6.54 Å². The molecule has 1 fully saturated rings. The number of aliphatic hydroxyl groups is 1. The second-order valence-corrected chi connectivity index (χ2v) is 6.79. The fourth-order valence-corrected chi connectivity index (χ4v) is 3.80. The van der Waals surface area contributed by atoms with Crippen molar-refractivity contribution in [3.63, 3.8) is 0 Å². The third-order valence-electron chi connectivity index (χ3n) is 4.58. The van der Waals surface area contributed by atoms with Crippen molar-refractivity contribution < 1.29 is 5.11 Å². The third kappa shape index (κ3) is 2.31. The van der Waals surface area contributed by atoms with Crippen LogP contribution < -0.4 is 0 Å². The summed E-state index contributed by atoms with van der Waals surface area (Å²) in [6, 6.07) is 5.09. The normalized spacial score (nSPS) is 18.3. The van der Waals surface area contributed by atoms with Gasteiger partial charge in [0.15, 0.2) is 0 Å². The molecule has 0 amide bonds. The fourth-order valence-electron chi connectivity index (χ4n) is 3.24. The number of benzene rings is 1. The second-order valence-electron chi connectivity index (χ2n) is 5.95. The van der Waals surface area contributed by atoms with Crippen LogP contribution in [0.5, 0.6) is 0 Å². The largest absolute Gasteiger partial charge is 0.381 e. The zero-order valence-electron chi connectivity index (χ0n) is 12.5. The zero-order chi connectivity index (χ0) is 16.8. The van der Waals surface area contributed by atoms with E-state index in [4.69, 9.17) is 23.2 Å². The first kappa shape index (κ1) is 15.6. The zero-order valence-corrected chi connectivity index (χ0v) is 14.1. The molecule has 0 bridgehead atoms. The predicted octanol–water partition coefficient (Wildman–Crippen LogP) is 2.25. The van der Waals surface area contributed by atoms with E-state index in [1.54, 1.807) is 40.2 Å². The first-order chi connectivity index (χ1) is 11.6. The van der Waals surface area contributed by atoms with Gasteiger partial charge < -0.3 is 5.11 Å². The van der Waals surface area contributed by atoms with Crippen LogP contribution in [0.15, 0.2) is 43.5 Å². The molecule has 124 valence electrons. The molecule has 0 aliphatic heterocycles. The van der Waals surface area contributed by atoms with Gasteiger partial charge in [0.1, 0.15) is 30.9 Å². The van der Waals surface area contributed by atoms with Gasteiger partial charge in [0.05, 0.1) is 12.1 Å². The van der Waals surface area contributed by atoms with E-state index >= 15 is 0 Å². The summed E-state index contributed by atoms with van der Waals surface area (Å²) in [6.07, 6.45) is 7.56. The van der Waals surface area contributed by atoms with Crippen molar-refractivity contribution in [2.45, 2.75) is 30.5 Å². The first-order valence-electron chi connectivity index (χ1n) is 7.41. The quantitative estimate of drug-likeness (QED) is 0.750. The molecule has 4 rings (SSSR count). The molecule has 1 saturated carbocycles. The molecule has 1 aliphatic rings. The van der Waals surface area contributed by atoms with Gasteiger partial charge in [-0.05, 0) is 25.0 Å². The molecule has 24 heavy (non-hydrogen) atoms. The van der Waals surface area contributed by atoms with Crippen molar-refractivity contribution in [2.24, 2.45) is 0 Å². The van der Waals surface area contributed by atoms with Crippen LogP contribution in [0.4, 0.5) is 0 Å². The summed E-state index contributed by atoms with van der Waals surface area (Å²) in [5.41, 5.74) is -1.39. The molecule has 0 saturated heterocycles. The Labute approximate surface area is 147 Å². The topological polar surface area (TPSA) is 81.6 Å². The van der Waals surface area contributed by atoms with Crippen LogP contribution in [-0.2, 0) is 17.7 Å². The Hall–Kier alpha value is -1.96. The highest BCUT2D eigenvalue weighted by Crippen LogP contribution is 2.57. The van der Waals surface area contributed by atoms with Crippen LogP contribution in [0.1, 0.15) is 18.4 Å². The van der Waals surface area contributed by atoms with Gasteiger partial charge in [-0.2, -0.15) is 10.2 Å². The molecule has 1 N–H and O–H groups in total. The number of rotatable bonds is 5. The minimum Gasteiger partial charge on any atom is -0.381 e. The van der Waals surface area contributed by atoms with Crippen LogP contribution >= 0.6 is 23.2 Å². The minimum absolute atomic E-state index is 0.189. The molecule has 0 spiro atoms. The van der Waals surface area contributed by atoms with Crippen LogP contribution in [0.3, 0.4) is 0 Å². The summed E-state index contributed by atoms with van der Waals surface area (Å²) < 4.78 is 3.29. The fraction of sp³-hybridized carbons (Fsp3) is 0.333. The Morgan fingerprint density at radius 2 is 1.88 bits per heavy atom.